The zero-order chi connectivity index (χ0) is 29.0. The number of benzene rings is 2. The molecule has 4 aromatic rings. The fourth-order valence-corrected chi connectivity index (χ4v) is 6.50. The topological polar surface area (TPSA) is 123 Å². The molecule has 0 radical (unpaired) electrons. The van der Waals surface area contributed by atoms with Crippen molar-refractivity contribution in [2.45, 2.75) is 44.7 Å². The van der Waals surface area contributed by atoms with E-state index in [0.29, 0.717) is 36.8 Å². The lowest BCUT2D eigenvalue weighted by Crippen LogP contribution is -2.33. The van der Waals surface area contributed by atoms with Gasteiger partial charge in [0, 0.05) is 32.2 Å². The van der Waals surface area contributed by atoms with Crippen molar-refractivity contribution < 1.29 is 28.5 Å². The van der Waals surface area contributed by atoms with Gasteiger partial charge in [-0.1, -0.05) is 29.5 Å². The molecule has 10 nitrogen and oxygen atoms in total. The van der Waals surface area contributed by atoms with Crippen molar-refractivity contribution in [3.63, 3.8) is 0 Å². The molecule has 214 valence electrons. The maximum Gasteiger partial charge on any atom is 0.365 e. The minimum atomic E-state index is -1.36. The van der Waals surface area contributed by atoms with Crippen LogP contribution in [0.4, 0.5) is 4.39 Å². The number of halogens is 1. The summed E-state index contributed by atoms with van der Waals surface area (Å²) in [5.41, 5.74) is 2.92. The number of aromatic carboxylic acids is 1. The molecular weight excluding hydrogens is 561 g/mol. The molecule has 3 aliphatic rings. The summed E-state index contributed by atoms with van der Waals surface area (Å²) >= 11 is 1.14. The Balaban J connectivity index is 1.10. The second kappa shape index (κ2) is 10.2. The van der Waals surface area contributed by atoms with Gasteiger partial charge in [0.05, 0.1) is 36.4 Å². The van der Waals surface area contributed by atoms with E-state index in [9.17, 15) is 14.3 Å². The van der Waals surface area contributed by atoms with E-state index >= 15 is 0 Å². The van der Waals surface area contributed by atoms with Crippen LogP contribution in [-0.2, 0) is 23.6 Å². The molecule has 0 bridgehead atoms. The summed E-state index contributed by atoms with van der Waals surface area (Å²) in [5, 5.41) is 18.5. The molecule has 1 fully saturated rings. The fraction of sp³-hybridized carbons (Fsp3) is 0.333. The van der Waals surface area contributed by atoms with Crippen LogP contribution in [0.1, 0.15) is 52.1 Å². The maximum atomic E-state index is 14.9. The van der Waals surface area contributed by atoms with Crippen molar-refractivity contribution in [1.29, 1.82) is 5.26 Å². The molecule has 0 aliphatic carbocycles. The minimum Gasteiger partial charge on any atom is -0.476 e. The summed E-state index contributed by atoms with van der Waals surface area (Å²) in [6.45, 7) is 5.06. The molecule has 42 heavy (non-hydrogen) atoms. The summed E-state index contributed by atoms with van der Waals surface area (Å²) in [6, 6.07) is 11.9. The number of ether oxygens (including phenoxy) is 3. The number of carbonyl (C=O) groups is 1. The zero-order valence-corrected chi connectivity index (χ0v) is 23.5. The minimum absolute atomic E-state index is 0.0347. The summed E-state index contributed by atoms with van der Waals surface area (Å²) in [5.74, 6) is -1.03. The number of carboxylic acid groups (broad SMARTS) is 1. The SMILES string of the molecule is CC1(c2ccc(C#N)cc2F)Oc2cccc(C3=CCN(Cc4nc5nc(C(=O)O)sc5n4C[C@@H]4CCO4)CC3)c2O1. The number of rotatable bonds is 7. The first-order valence-electron chi connectivity index (χ1n) is 13.6. The van der Waals surface area contributed by atoms with Crippen LogP contribution in [0.5, 0.6) is 11.5 Å². The Kier molecular flexibility index (Phi) is 6.46. The highest BCUT2D eigenvalue weighted by Crippen LogP contribution is 2.49. The third-order valence-corrected chi connectivity index (χ3v) is 8.97. The highest BCUT2D eigenvalue weighted by Gasteiger charge is 2.42. The molecule has 1 saturated heterocycles. The number of fused-ring (bicyclic) bond motifs is 2. The van der Waals surface area contributed by atoms with Crippen LogP contribution < -0.4 is 9.47 Å². The van der Waals surface area contributed by atoms with Crippen molar-refractivity contribution in [2.75, 3.05) is 19.7 Å². The van der Waals surface area contributed by atoms with Gasteiger partial charge in [-0.3, -0.25) is 4.90 Å². The fourth-order valence-electron chi connectivity index (χ4n) is 5.63. The molecular formula is C30H26FN5O5S. The molecule has 0 amide bonds. The maximum absolute atomic E-state index is 14.9. The number of carboxylic acids is 1. The summed E-state index contributed by atoms with van der Waals surface area (Å²) in [4.78, 5) is 23.4. The molecule has 12 heteroatoms. The quantitative estimate of drug-likeness (QED) is 0.321. The number of nitriles is 1. The van der Waals surface area contributed by atoms with Crippen molar-refractivity contribution in [2.24, 2.45) is 0 Å². The largest absolute Gasteiger partial charge is 0.476 e. The Morgan fingerprint density at radius 1 is 1.29 bits per heavy atom. The third kappa shape index (κ3) is 4.59. The van der Waals surface area contributed by atoms with Gasteiger partial charge < -0.3 is 23.9 Å². The smallest absolute Gasteiger partial charge is 0.365 e. The standard InChI is InChI=1S/C30H26FN5O5S/c1-30(21-6-5-17(14-32)13-22(21)31)40-23-4-2-3-20(25(23)41-30)18-7-10-35(11-8-18)16-24-33-26-28(42-27(34-26)29(37)38)36(24)15-19-9-12-39-19/h2-7,13,19H,8-12,15-16H2,1H3,(H,37,38)/t19-,30?/m0/s1. The predicted octanol–water partition coefficient (Wildman–Crippen LogP) is 4.92. The average Bonchev–Trinajstić information content (AvgIpc) is 3.62. The van der Waals surface area contributed by atoms with Crippen LogP contribution in [0, 0.1) is 17.1 Å². The molecule has 1 N–H and O–H groups in total. The first-order chi connectivity index (χ1) is 20.3. The van der Waals surface area contributed by atoms with Gasteiger partial charge in [-0.2, -0.15) is 5.26 Å². The van der Waals surface area contributed by atoms with E-state index in [1.807, 2.05) is 24.3 Å². The van der Waals surface area contributed by atoms with Gasteiger partial charge in [0.15, 0.2) is 17.1 Å². The van der Waals surface area contributed by atoms with Gasteiger partial charge in [0.2, 0.25) is 5.01 Å². The Morgan fingerprint density at radius 3 is 2.83 bits per heavy atom. The molecule has 7 rings (SSSR count). The Bertz CT molecular complexity index is 1810. The molecule has 2 atom stereocenters. The van der Waals surface area contributed by atoms with E-state index in [4.69, 9.17) is 24.5 Å². The van der Waals surface area contributed by atoms with E-state index in [1.54, 1.807) is 13.0 Å². The third-order valence-electron chi connectivity index (χ3n) is 7.92. The first kappa shape index (κ1) is 26.6. The Hall–Kier alpha value is -4.31. The van der Waals surface area contributed by atoms with Gasteiger partial charge in [-0.25, -0.2) is 19.2 Å². The summed E-state index contributed by atoms with van der Waals surface area (Å²) < 4.78 is 35.0. The van der Waals surface area contributed by atoms with Crippen molar-refractivity contribution in [3.05, 3.63) is 75.8 Å². The zero-order valence-electron chi connectivity index (χ0n) is 22.7. The lowest BCUT2D eigenvalue weighted by molar-refractivity contribution is -0.0708. The number of hydrogen-bond donors (Lipinski definition) is 1. The number of para-hydroxylation sites is 1. The Morgan fingerprint density at radius 2 is 2.14 bits per heavy atom. The van der Waals surface area contributed by atoms with E-state index in [0.717, 1.165) is 59.1 Å². The van der Waals surface area contributed by atoms with Gasteiger partial charge in [-0.15, -0.1) is 0 Å². The number of nitrogens with zero attached hydrogens (tertiary/aromatic N) is 5. The average molecular weight is 588 g/mol. The molecule has 3 aliphatic heterocycles. The lowest BCUT2D eigenvalue weighted by atomic mass is 9.98. The normalized spacial score (nSPS) is 21.6. The van der Waals surface area contributed by atoms with Gasteiger partial charge >= 0.3 is 5.97 Å². The number of thiazole rings is 1. The van der Waals surface area contributed by atoms with E-state index in [1.165, 1.54) is 12.1 Å². The van der Waals surface area contributed by atoms with Crippen LogP contribution in [0.2, 0.25) is 0 Å². The Labute approximate surface area is 244 Å². The molecule has 1 unspecified atom stereocenters. The second-order valence-electron chi connectivity index (χ2n) is 10.7. The van der Waals surface area contributed by atoms with Crippen LogP contribution in [0.15, 0.2) is 42.5 Å². The van der Waals surface area contributed by atoms with Gasteiger partial charge in [0.1, 0.15) is 16.5 Å². The summed E-state index contributed by atoms with van der Waals surface area (Å²) in [7, 11) is 0. The highest BCUT2D eigenvalue weighted by molar-refractivity contribution is 7.19. The van der Waals surface area contributed by atoms with Gasteiger partial charge in [0.25, 0.3) is 5.79 Å². The van der Waals surface area contributed by atoms with Crippen molar-refractivity contribution >= 4 is 33.4 Å². The summed E-state index contributed by atoms with van der Waals surface area (Å²) in [6.07, 6.45) is 3.97. The molecule has 0 spiro atoms. The second-order valence-corrected chi connectivity index (χ2v) is 11.7. The molecule has 5 heterocycles. The number of hydrogen-bond acceptors (Lipinski definition) is 9. The van der Waals surface area contributed by atoms with Crippen molar-refractivity contribution in [3.8, 4) is 17.6 Å². The number of aromatic nitrogens is 3. The van der Waals surface area contributed by atoms with Crippen LogP contribution in [0.25, 0.3) is 16.1 Å². The highest BCUT2D eigenvalue weighted by atomic mass is 32.1. The lowest BCUT2D eigenvalue weighted by Gasteiger charge is -2.29. The van der Waals surface area contributed by atoms with E-state index in [2.05, 4.69) is 20.5 Å². The predicted molar refractivity (Wildman–Crippen MR) is 151 cm³/mol. The molecule has 2 aromatic carbocycles. The monoisotopic (exact) mass is 587 g/mol. The van der Waals surface area contributed by atoms with Gasteiger partial charge in [-0.05, 0) is 42.7 Å². The van der Waals surface area contributed by atoms with E-state index in [-0.39, 0.29) is 22.2 Å². The van der Waals surface area contributed by atoms with Crippen molar-refractivity contribution in [1.82, 2.24) is 19.4 Å². The van der Waals surface area contributed by atoms with Crippen LogP contribution >= 0.6 is 11.3 Å². The molecule has 0 saturated carbocycles. The van der Waals surface area contributed by atoms with Crippen LogP contribution in [0.3, 0.4) is 0 Å². The molecule has 2 aromatic heterocycles. The first-order valence-corrected chi connectivity index (χ1v) is 14.5. The number of imidazole rings is 1. The van der Waals surface area contributed by atoms with E-state index < -0.39 is 17.6 Å². The van der Waals surface area contributed by atoms with Crippen LogP contribution in [-0.4, -0.2) is 56.3 Å².